The molecule has 18 heavy (non-hydrogen) atoms. The minimum atomic E-state index is -0.483. The van der Waals surface area contributed by atoms with Crippen molar-refractivity contribution in [1.82, 2.24) is 10.3 Å². The van der Waals surface area contributed by atoms with Gasteiger partial charge in [-0.3, -0.25) is 0 Å². The second-order valence-corrected chi connectivity index (χ2v) is 6.32. The van der Waals surface area contributed by atoms with Crippen LogP contribution in [-0.2, 0) is 10.3 Å². The Kier molecular flexibility index (Phi) is 6.21. The zero-order valence-corrected chi connectivity index (χ0v) is 12.5. The lowest BCUT2D eigenvalue weighted by Gasteiger charge is -2.25. The maximum Gasteiger partial charge on any atom is 0.112 e. The molecule has 0 radical (unpaired) electrons. The number of nitrogens with one attached hydrogen (secondary N) is 1. The van der Waals surface area contributed by atoms with Crippen molar-refractivity contribution < 1.29 is 9.84 Å². The van der Waals surface area contributed by atoms with Crippen LogP contribution in [0.2, 0.25) is 0 Å². The van der Waals surface area contributed by atoms with Gasteiger partial charge in [-0.25, -0.2) is 4.98 Å². The number of hydrogen-bond donors (Lipinski definition) is 2. The number of ether oxygens (including phenoxy) is 1. The molecule has 0 aliphatic heterocycles. The molecular weight excluding hydrogens is 248 g/mol. The molecular formula is C13H24N2O2S. The first-order valence-corrected chi connectivity index (χ1v) is 7.20. The molecule has 1 aromatic rings. The second-order valence-electron chi connectivity index (χ2n) is 5.43. The predicted molar refractivity (Wildman–Crippen MR) is 74.8 cm³/mol. The fourth-order valence-corrected chi connectivity index (χ4v) is 2.22. The predicted octanol–water partition coefficient (Wildman–Crippen LogP) is 2.00. The highest BCUT2D eigenvalue weighted by Gasteiger charge is 2.23. The fourth-order valence-electron chi connectivity index (χ4n) is 1.48. The summed E-state index contributed by atoms with van der Waals surface area (Å²) < 4.78 is 5.41. The number of aliphatic hydroxyl groups is 1. The van der Waals surface area contributed by atoms with Crippen LogP contribution in [0.25, 0.3) is 0 Å². The highest BCUT2D eigenvalue weighted by atomic mass is 32.1. The smallest absolute Gasteiger partial charge is 0.112 e. The molecule has 1 aromatic heterocycles. The summed E-state index contributed by atoms with van der Waals surface area (Å²) in [6.45, 7) is 9.88. The summed E-state index contributed by atoms with van der Waals surface area (Å²) in [7, 11) is 0. The van der Waals surface area contributed by atoms with Crippen LogP contribution in [0.15, 0.2) is 11.6 Å². The molecule has 0 fully saturated rings. The summed E-state index contributed by atoms with van der Waals surface area (Å²) in [4.78, 5) is 4.29. The van der Waals surface area contributed by atoms with E-state index in [9.17, 15) is 5.11 Å². The Morgan fingerprint density at radius 1 is 1.44 bits per heavy atom. The minimum Gasteiger partial charge on any atom is -0.389 e. The largest absolute Gasteiger partial charge is 0.389 e. The van der Waals surface area contributed by atoms with E-state index in [0.29, 0.717) is 25.7 Å². The third-order valence-corrected chi connectivity index (χ3v) is 3.60. The van der Waals surface area contributed by atoms with Crippen LogP contribution in [0.4, 0.5) is 0 Å². The van der Waals surface area contributed by atoms with Crippen molar-refractivity contribution in [3.63, 3.8) is 0 Å². The van der Waals surface area contributed by atoms with Gasteiger partial charge in [0.15, 0.2) is 0 Å². The van der Waals surface area contributed by atoms with Crippen molar-refractivity contribution in [2.45, 2.75) is 39.3 Å². The standard InChI is InChI=1S/C13H24N2O2S/c1-10(2)8-17-9-11(16)7-15-13(3,4)12-14-5-6-18-12/h5-6,10-11,15-16H,7-9H2,1-4H3. The Bertz CT molecular complexity index is 326. The lowest BCUT2D eigenvalue weighted by molar-refractivity contribution is 0.0231. The van der Waals surface area contributed by atoms with E-state index in [2.05, 4.69) is 38.0 Å². The van der Waals surface area contributed by atoms with Crippen molar-refractivity contribution in [2.75, 3.05) is 19.8 Å². The Hall–Kier alpha value is -0.490. The molecule has 0 aromatic carbocycles. The van der Waals surface area contributed by atoms with Crippen molar-refractivity contribution in [1.29, 1.82) is 0 Å². The topological polar surface area (TPSA) is 54.4 Å². The average Bonchev–Trinajstić information content (AvgIpc) is 2.80. The van der Waals surface area contributed by atoms with Crippen LogP contribution >= 0.6 is 11.3 Å². The summed E-state index contributed by atoms with van der Waals surface area (Å²) in [5.74, 6) is 0.497. The van der Waals surface area contributed by atoms with E-state index in [1.54, 1.807) is 17.5 Å². The summed E-state index contributed by atoms with van der Waals surface area (Å²) in [6, 6.07) is 0. The Balaban J connectivity index is 2.27. The van der Waals surface area contributed by atoms with Crippen molar-refractivity contribution in [2.24, 2.45) is 5.92 Å². The van der Waals surface area contributed by atoms with E-state index in [-0.39, 0.29) is 5.54 Å². The first kappa shape index (κ1) is 15.6. The third-order valence-electron chi connectivity index (χ3n) is 2.51. The van der Waals surface area contributed by atoms with E-state index >= 15 is 0 Å². The second kappa shape index (κ2) is 7.19. The zero-order chi connectivity index (χ0) is 13.6. The Morgan fingerprint density at radius 3 is 2.72 bits per heavy atom. The van der Waals surface area contributed by atoms with Gasteiger partial charge in [0.05, 0.1) is 18.2 Å². The van der Waals surface area contributed by atoms with Gasteiger partial charge in [-0.1, -0.05) is 13.8 Å². The molecule has 5 heteroatoms. The van der Waals surface area contributed by atoms with Gasteiger partial charge in [0.25, 0.3) is 0 Å². The number of aromatic nitrogens is 1. The van der Waals surface area contributed by atoms with Crippen LogP contribution in [0.1, 0.15) is 32.7 Å². The number of hydrogen-bond acceptors (Lipinski definition) is 5. The SMILES string of the molecule is CC(C)COCC(O)CNC(C)(C)c1nccs1. The van der Waals surface area contributed by atoms with Gasteiger partial charge in [0.1, 0.15) is 5.01 Å². The molecule has 0 saturated carbocycles. The summed E-state index contributed by atoms with van der Waals surface area (Å²) in [6.07, 6.45) is 1.31. The summed E-state index contributed by atoms with van der Waals surface area (Å²) in [5, 5.41) is 16.1. The molecule has 104 valence electrons. The normalized spacial score (nSPS) is 14.1. The highest BCUT2D eigenvalue weighted by Crippen LogP contribution is 2.21. The lowest BCUT2D eigenvalue weighted by atomic mass is 10.1. The number of aliphatic hydroxyl groups excluding tert-OH is 1. The van der Waals surface area contributed by atoms with Gasteiger partial charge in [-0.15, -0.1) is 11.3 Å². The van der Waals surface area contributed by atoms with Crippen LogP contribution < -0.4 is 5.32 Å². The van der Waals surface area contributed by atoms with Gasteiger partial charge in [-0.2, -0.15) is 0 Å². The first-order chi connectivity index (χ1) is 8.42. The monoisotopic (exact) mass is 272 g/mol. The van der Waals surface area contributed by atoms with Crippen LogP contribution in [0.3, 0.4) is 0 Å². The number of thiazole rings is 1. The molecule has 4 nitrogen and oxygen atoms in total. The molecule has 0 saturated heterocycles. The van der Waals surface area contributed by atoms with Gasteiger partial charge < -0.3 is 15.2 Å². The number of nitrogens with zero attached hydrogens (tertiary/aromatic N) is 1. The summed E-state index contributed by atoms with van der Waals surface area (Å²) >= 11 is 1.62. The molecule has 0 aliphatic carbocycles. The van der Waals surface area contributed by atoms with Gasteiger partial charge in [0, 0.05) is 24.7 Å². The molecule has 1 unspecified atom stereocenters. The van der Waals surface area contributed by atoms with E-state index in [4.69, 9.17) is 4.74 Å². The van der Waals surface area contributed by atoms with Crippen LogP contribution in [-0.4, -0.2) is 36.0 Å². The fraction of sp³-hybridized carbons (Fsp3) is 0.769. The molecule has 0 spiro atoms. The molecule has 1 heterocycles. The molecule has 1 atom stereocenters. The van der Waals surface area contributed by atoms with Crippen LogP contribution in [0, 0.1) is 5.92 Å². The van der Waals surface area contributed by atoms with Crippen LogP contribution in [0.5, 0.6) is 0 Å². The van der Waals surface area contributed by atoms with Crippen molar-refractivity contribution >= 4 is 11.3 Å². The van der Waals surface area contributed by atoms with Crippen molar-refractivity contribution in [3.05, 3.63) is 16.6 Å². The van der Waals surface area contributed by atoms with E-state index in [1.807, 2.05) is 5.38 Å². The van der Waals surface area contributed by atoms with Gasteiger partial charge in [-0.05, 0) is 19.8 Å². The molecule has 0 bridgehead atoms. The minimum absolute atomic E-state index is 0.215. The molecule has 0 amide bonds. The Labute approximate surface area is 113 Å². The lowest BCUT2D eigenvalue weighted by Crippen LogP contribution is -2.42. The molecule has 0 aliphatic rings. The van der Waals surface area contributed by atoms with E-state index in [0.717, 1.165) is 5.01 Å². The van der Waals surface area contributed by atoms with E-state index < -0.39 is 6.10 Å². The zero-order valence-electron chi connectivity index (χ0n) is 11.6. The van der Waals surface area contributed by atoms with E-state index in [1.165, 1.54) is 0 Å². The first-order valence-electron chi connectivity index (χ1n) is 6.32. The highest BCUT2D eigenvalue weighted by molar-refractivity contribution is 7.09. The van der Waals surface area contributed by atoms with Gasteiger partial charge >= 0.3 is 0 Å². The molecule has 1 rings (SSSR count). The quantitative estimate of drug-likeness (QED) is 0.760. The summed E-state index contributed by atoms with van der Waals surface area (Å²) in [5.41, 5.74) is -0.215. The maximum absolute atomic E-state index is 9.82. The Morgan fingerprint density at radius 2 is 2.17 bits per heavy atom. The average molecular weight is 272 g/mol. The van der Waals surface area contributed by atoms with Crippen molar-refractivity contribution in [3.8, 4) is 0 Å². The maximum atomic E-state index is 9.82. The number of rotatable bonds is 8. The molecule has 2 N–H and O–H groups in total. The third kappa shape index (κ3) is 5.44. The van der Waals surface area contributed by atoms with Gasteiger partial charge in [0.2, 0.25) is 0 Å².